The van der Waals surface area contributed by atoms with Gasteiger partial charge in [0.25, 0.3) is 5.69 Å². The number of carbonyl (C=O) groups is 3. The number of nitro groups is 1. The lowest BCUT2D eigenvalue weighted by atomic mass is 9.98. The lowest BCUT2D eigenvalue weighted by molar-refractivity contribution is -0.384. The van der Waals surface area contributed by atoms with E-state index < -0.39 is 23.2 Å². The first-order chi connectivity index (χ1) is 22.2. The predicted molar refractivity (Wildman–Crippen MR) is 172 cm³/mol. The van der Waals surface area contributed by atoms with Crippen LogP contribution in [-0.4, -0.2) is 79.5 Å². The van der Waals surface area contributed by atoms with E-state index in [9.17, 15) is 29.6 Å². The van der Waals surface area contributed by atoms with E-state index in [0.29, 0.717) is 0 Å². The molecule has 0 radical (unpaired) electrons. The maximum Gasteiger partial charge on any atom is 0.334 e. The topological polar surface area (TPSA) is 140 Å². The van der Waals surface area contributed by atoms with Gasteiger partial charge < -0.3 is 20.2 Å². The molecule has 0 aliphatic carbocycles. The van der Waals surface area contributed by atoms with Crippen molar-refractivity contribution >= 4 is 45.0 Å². The summed E-state index contributed by atoms with van der Waals surface area (Å²) < 4.78 is 0.725. The number of benzene rings is 3. The van der Waals surface area contributed by atoms with Crippen LogP contribution in [0.5, 0.6) is 5.75 Å². The third-order valence-corrected chi connectivity index (χ3v) is 9.24. The molecule has 4 aromatic rings. The van der Waals surface area contributed by atoms with Crippen LogP contribution in [0.4, 0.5) is 10.5 Å². The number of fused-ring (bicyclic) bond motifs is 2. The van der Waals surface area contributed by atoms with Gasteiger partial charge in [0.15, 0.2) is 0 Å². The molecule has 2 aliphatic heterocycles. The Kier molecular flexibility index (Phi) is 8.68. The number of rotatable bonds is 9. The summed E-state index contributed by atoms with van der Waals surface area (Å²) in [5.74, 6) is -0.483. The molecule has 3 heterocycles. The van der Waals surface area contributed by atoms with Gasteiger partial charge in [0, 0.05) is 42.9 Å². The SMILES string of the molecule is C=CCN1CC(=O)N2[C@@H](Cc3ccc(O)cc3)C(=O)N(Cc3csc4cc([N+](=O)[O-])ccc34)C[C@@H]2N1C(=O)NCc1ccccc1. The zero-order chi connectivity index (χ0) is 32.4. The Bertz CT molecular complexity index is 1800. The zero-order valence-corrected chi connectivity index (χ0v) is 25.6. The highest BCUT2D eigenvalue weighted by molar-refractivity contribution is 7.17. The van der Waals surface area contributed by atoms with Crippen molar-refractivity contribution in [2.24, 2.45) is 0 Å². The number of phenolic OH excluding ortho intramolecular Hbond substituents is 1. The van der Waals surface area contributed by atoms with Gasteiger partial charge in [-0.1, -0.05) is 48.5 Å². The lowest BCUT2D eigenvalue weighted by Crippen LogP contribution is -2.76. The summed E-state index contributed by atoms with van der Waals surface area (Å²) in [7, 11) is 0. The van der Waals surface area contributed by atoms with Crippen LogP contribution in [0.3, 0.4) is 0 Å². The first-order valence-corrected chi connectivity index (χ1v) is 15.6. The average molecular weight is 641 g/mol. The third kappa shape index (κ3) is 6.14. The number of piperazine rings is 1. The van der Waals surface area contributed by atoms with Gasteiger partial charge in [0.2, 0.25) is 11.8 Å². The molecule has 2 N–H and O–H groups in total. The Labute approximate surface area is 268 Å². The number of thiophene rings is 1. The molecule has 0 saturated carbocycles. The van der Waals surface area contributed by atoms with Gasteiger partial charge in [-0.25, -0.2) is 14.8 Å². The summed E-state index contributed by atoms with van der Waals surface area (Å²) in [6.07, 6.45) is 0.981. The Hall–Kier alpha value is -5.27. The number of carbonyl (C=O) groups excluding carboxylic acids is 3. The summed E-state index contributed by atoms with van der Waals surface area (Å²) in [4.78, 5) is 56.0. The molecule has 1 aromatic heterocycles. The minimum Gasteiger partial charge on any atom is -0.508 e. The molecule has 13 heteroatoms. The minimum absolute atomic E-state index is 0.0141. The fraction of sp³-hybridized carbons (Fsp3) is 0.242. The molecule has 3 aromatic carbocycles. The van der Waals surface area contributed by atoms with Gasteiger partial charge in [-0.2, -0.15) is 0 Å². The third-order valence-electron chi connectivity index (χ3n) is 8.24. The molecule has 2 fully saturated rings. The van der Waals surface area contributed by atoms with Crippen LogP contribution in [0.1, 0.15) is 16.7 Å². The molecule has 2 atom stereocenters. The second-order valence-electron chi connectivity index (χ2n) is 11.2. The standard InChI is InChI=1S/C33H32N6O6S/c1-2-14-36-20-31(41)37-28(15-22-8-11-26(40)12-9-22)32(42)35(18-24-21-46-29-16-25(39(44)45)10-13-27(24)29)19-30(37)38(36)33(43)34-17-23-6-4-3-5-7-23/h2-13,16,21,28,30,40H,1,14-15,17-20H2,(H,34,43)/t28-,30-/m0/s1. The van der Waals surface area contributed by atoms with E-state index >= 15 is 0 Å². The van der Waals surface area contributed by atoms with Gasteiger partial charge in [0.1, 0.15) is 18.0 Å². The van der Waals surface area contributed by atoms with Crippen LogP contribution < -0.4 is 5.32 Å². The van der Waals surface area contributed by atoms with E-state index in [-0.39, 0.29) is 62.4 Å². The molecular formula is C33H32N6O6S. The van der Waals surface area contributed by atoms with E-state index in [1.54, 1.807) is 34.2 Å². The second kappa shape index (κ2) is 13.0. The van der Waals surface area contributed by atoms with Gasteiger partial charge >= 0.3 is 6.03 Å². The molecule has 4 amide bonds. The Morgan fingerprint density at radius 2 is 1.85 bits per heavy atom. The number of hydrogen-bond donors (Lipinski definition) is 2. The monoisotopic (exact) mass is 640 g/mol. The fourth-order valence-corrected chi connectivity index (χ4v) is 7.05. The number of hydrazine groups is 1. The number of nitrogens with one attached hydrogen (secondary N) is 1. The summed E-state index contributed by atoms with van der Waals surface area (Å²) in [5, 5.41) is 30.0. The van der Waals surface area contributed by atoms with Gasteiger partial charge in [-0.15, -0.1) is 17.9 Å². The molecule has 12 nitrogen and oxygen atoms in total. The van der Waals surface area contributed by atoms with Crippen LogP contribution in [0.15, 0.2) is 90.8 Å². The maximum absolute atomic E-state index is 14.2. The first-order valence-electron chi connectivity index (χ1n) is 14.7. The van der Waals surface area contributed by atoms with Crippen molar-refractivity contribution in [2.45, 2.75) is 31.7 Å². The van der Waals surface area contributed by atoms with Crippen molar-refractivity contribution in [1.29, 1.82) is 0 Å². The van der Waals surface area contributed by atoms with Crippen LogP contribution in [0.25, 0.3) is 10.1 Å². The predicted octanol–water partition coefficient (Wildman–Crippen LogP) is 4.25. The largest absolute Gasteiger partial charge is 0.508 e. The van der Waals surface area contributed by atoms with Crippen molar-refractivity contribution in [1.82, 2.24) is 25.1 Å². The zero-order valence-electron chi connectivity index (χ0n) is 24.8. The van der Waals surface area contributed by atoms with Crippen LogP contribution in [0, 0.1) is 10.1 Å². The quantitative estimate of drug-likeness (QED) is 0.158. The molecule has 0 unspecified atom stereocenters. The van der Waals surface area contributed by atoms with Crippen molar-refractivity contribution in [3.05, 3.63) is 118 Å². The van der Waals surface area contributed by atoms with Crippen LogP contribution in [-0.2, 0) is 29.1 Å². The Balaban J connectivity index is 1.36. The number of nitro benzene ring substituents is 1. The van der Waals surface area contributed by atoms with Crippen molar-refractivity contribution < 1.29 is 24.4 Å². The molecular weight excluding hydrogens is 608 g/mol. The Morgan fingerprint density at radius 3 is 2.57 bits per heavy atom. The first kappa shape index (κ1) is 30.7. The highest BCUT2D eigenvalue weighted by Gasteiger charge is 2.51. The summed E-state index contributed by atoms with van der Waals surface area (Å²) in [6.45, 7) is 4.44. The van der Waals surface area contributed by atoms with Crippen LogP contribution in [0.2, 0.25) is 0 Å². The molecule has 6 rings (SSSR count). The smallest absolute Gasteiger partial charge is 0.334 e. The number of phenols is 1. The number of aromatic hydroxyl groups is 1. The maximum atomic E-state index is 14.2. The minimum atomic E-state index is -0.919. The highest BCUT2D eigenvalue weighted by Crippen LogP contribution is 2.33. The van der Waals surface area contributed by atoms with E-state index in [4.69, 9.17) is 0 Å². The van der Waals surface area contributed by atoms with E-state index in [1.165, 1.54) is 45.5 Å². The summed E-state index contributed by atoms with van der Waals surface area (Å²) >= 11 is 1.36. The van der Waals surface area contributed by atoms with Gasteiger partial charge in [-0.05, 0) is 45.7 Å². The number of hydrogen-bond acceptors (Lipinski definition) is 8. The van der Waals surface area contributed by atoms with Crippen molar-refractivity contribution in [2.75, 3.05) is 19.6 Å². The van der Waals surface area contributed by atoms with E-state index in [0.717, 1.165) is 26.8 Å². The number of urea groups is 1. The molecule has 0 spiro atoms. The molecule has 46 heavy (non-hydrogen) atoms. The highest BCUT2D eigenvalue weighted by atomic mass is 32.1. The van der Waals surface area contributed by atoms with E-state index in [2.05, 4.69) is 11.9 Å². The second-order valence-corrected chi connectivity index (χ2v) is 12.1. The fourth-order valence-electron chi connectivity index (χ4n) is 6.07. The number of non-ortho nitro benzene ring substituents is 1. The molecule has 2 saturated heterocycles. The van der Waals surface area contributed by atoms with Crippen molar-refractivity contribution in [3.8, 4) is 5.75 Å². The van der Waals surface area contributed by atoms with Gasteiger partial charge in [0.05, 0.1) is 18.0 Å². The normalized spacial score (nSPS) is 18.5. The summed E-state index contributed by atoms with van der Waals surface area (Å²) in [6, 6.07) is 19.3. The average Bonchev–Trinajstić information content (AvgIpc) is 3.45. The summed E-state index contributed by atoms with van der Waals surface area (Å²) in [5.41, 5.74) is 2.45. The van der Waals surface area contributed by atoms with E-state index in [1.807, 2.05) is 35.7 Å². The lowest BCUT2D eigenvalue weighted by Gasteiger charge is -2.55. The van der Waals surface area contributed by atoms with Crippen molar-refractivity contribution in [3.63, 3.8) is 0 Å². The molecule has 2 aliphatic rings. The Morgan fingerprint density at radius 1 is 1.09 bits per heavy atom. The number of amides is 4. The van der Waals surface area contributed by atoms with Gasteiger partial charge in [-0.3, -0.25) is 19.7 Å². The number of nitrogens with zero attached hydrogens (tertiary/aromatic N) is 5. The van der Waals surface area contributed by atoms with Crippen LogP contribution >= 0.6 is 11.3 Å². The molecule has 0 bridgehead atoms. The molecule has 236 valence electrons.